The van der Waals surface area contributed by atoms with Gasteiger partial charge >= 0.3 is 12.0 Å². The fourth-order valence-electron chi connectivity index (χ4n) is 3.83. The lowest BCUT2D eigenvalue weighted by Crippen LogP contribution is -2.53. The van der Waals surface area contributed by atoms with Gasteiger partial charge in [0.15, 0.2) is 0 Å². The zero-order valence-electron chi connectivity index (χ0n) is 30.0. The molecule has 0 bridgehead atoms. The monoisotopic (exact) mass is 667 g/mol. The number of carbonyl (C=O) groups is 5. The fourth-order valence-corrected chi connectivity index (χ4v) is 3.83. The van der Waals surface area contributed by atoms with Crippen molar-refractivity contribution in [3.05, 3.63) is 49.6 Å². The molecule has 47 heavy (non-hydrogen) atoms. The lowest BCUT2D eigenvalue weighted by Gasteiger charge is -2.23. The van der Waals surface area contributed by atoms with Crippen molar-refractivity contribution in [2.75, 3.05) is 20.2 Å². The molecule has 0 radical (unpaired) electrons. The van der Waals surface area contributed by atoms with Gasteiger partial charge in [-0.2, -0.15) is 0 Å². The average molecular weight is 668 g/mol. The van der Waals surface area contributed by atoms with Crippen molar-refractivity contribution in [2.24, 2.45) is 5.92 Å². The van der Waals surface area contributed by atoms with Gasteiger partial charge in [-0.05, 0) is 44.1 Å². The zero-order valence-corrected chi connectivity index (χ0v) is 30.0. The normalized spacial score (nSPS) is 13.3. The molecule has 2 unspecified atom stereocenters. The standard InChI is InChI=1S/C30H50FN5O6.C3H8.C2H4/c1-8-10-12-15-23(21(5)31)18-24(9-2)34-28(39)25(16-13-11-14-17-32-22(6)37)35-26(38)19-33-30(41)36-27(20(3)4)29(40)42-7;1-3-2;1-2/h9-10,12,15,20-21,24-25,27H,2,8,11,13-14,16-19H2,1,3-7H3,(H,32,37)(H,34,39)(H,35,38)(H2,33,36,41);3H2,1-2H3;1-2H2/b12-10-,23-15-;;/t21?,24-,25+,27?;;/m1../s1. The van der Waals surface area contributed by atoms with Gasteiger partial charge in [-0.1, -0.05) is 78.2 Å². The van der Waals surface area contributed by atoms with E-state index in [1.54, 1.807) is 26.0 Å². The van der Waals surface area contributed by atoms with E-state index in [-0.39, 0.29) is 18.2 Å². The van der Waals surface area contributed by atoms with Gasteiger partial charge in [-0.3, -0.25) is 14.4 Å². The number of carbonyl (C=O) groups excluding carboxylic acids is 5. The van der Waals surface area contributed by atoms with Gasteiger partial charge in [-0.15, -0.1) is 19.7 Å². The Kier molecular flexibility index (Phi) is 31.0. The summed E-state index contributed by atoms with van der Waals surface area (Å²) in [5.41, 5.74) is 0.491. The summed E-state index contributed by atoms with van der Waals surface area (Å²) in [6.45, 7) is 22.4. The summed E-state index contributed by atoms with van der Waals surface area (Å²) in [7, 11) is 1.21. The molecule has 0 spiro atoms. The second-order valence-electron chi connectivity index (χ2n) is 11.0. The third-order valence-electron chi connectivity index (χ3n) is 6.27. The molecule has 0 aromatic carbocycles. The Morgan fingerprint density at radius 2 is 1.53 bits per heavy atom. The van der Waals surface area contributed by atoms with E-state index in [1.807, 2.05) is 13.0 Å². The van der Waals surface area contributed by atoms with E-state index in [0.717, 1.165) is 6.42 Å². The molecule has 0 saturated carbocycles. The van der Waals surface area contributed by atoms with Crippen LogP contribution in [0.3, 0.4) is 0 Å². The fraction of sp³-hybridized carbons (Fsp3) is 0.629. The van der Waals surface area contributed by atoms with Crippen molar-refractivity contribution in [1.29, 1.82) is 0 Å². The van der Waals surface area contributed by atoms with Crippen molar-refractivity contribution in [1.82, 2.24) is 26.6 Å². The van der Waals surface area contributed by atoms with Crippen LogP contribution in [0.25, 0.3) is 0 Å². The van der Waals surface area contributed by atoms with Gasteiger partial charge in [0.05, 0.1) is 19.7 Å². The van der Waals surface area contributed by atoms with Crippen LogP contribution in [-0.4, -0.2) is 74.2 Å². The van der Waals surface area contributed by atoms with Crippen molar-refractivity contribution >= 4 is 29.7 Å². The lowest BCUT2D eigenvalue weighted by atomic mass is 10.0. The first-order valence-corrected chi connectivity index (χ1v) is 16.4. The van der Waals surface area contributed by atoms with Crippen molar-refractivity contribution < 1.29 is 33.1 Å². The number of unbranched alkanes of at least 4 members (excludes halogenated alkanes) is 2. The van der Waals surface area contributed by atoms with Gasteiger partial charge in [-0.25, -0.2) is 14.0 Å². The number of amides is 5. The van der Waals surface area contributed by atoms with Crippen LogP contribution in [-0.2, 0) is 23.9 Å². The summed E-state index contributed by atoms with van der Waals surface area (Å²) in [5.74, 6) is -2.07. The predicted octanol–water partition coefficient (Wildman–Crippen LogP) is 5.19. The Morgan fingerprint density at radius 3 is 2.02 bits per heavy atom. The van der Waals surface area contributed by atoms with Crippen molar-refractivity contribution in [3.63, 3.8) is 0 Å². The second kappa shape index (κ2) is 30.7. The molecule has 5 N–H and O–H groups in total. The van der Waals surface area contributed by atoms with Crippen LogP contribution in [0.4, 0.5) is 9.18 Å². The van der Waals surface area contributed by atoms with Crippen LogP contribution in [0.1, 0.15) is 93.4 Å². The van der Waals surface area contributed by atoms with E-state index >= 15 is 0 Å². The first kappa shape index (κ1) is 47.4. The molecule has 5 amide bonds. The number of ether oxygens (including phenoxy) is 1. The number of urea groups is 1. The first-order valence-electron chi connectivity index (χ1n) is 16.4. The molecular formula is C35H62FN5O6. The number of halogens is 1. The van der Waals surface area contributed by atoms with Crippen LogP contribution in [0.2, 0.25) is 0 Å². The number of hydrogen-bond acceptors (Lipinski definition) is 6. The van der Waals surface area contributed by atoms with Crippen LogP contribution in [0.15, 0.2) is 49.6 Å². The molecule has 0 rings (SSSR count). The van der Waals surface area contributed by atoms with Crippen LogP contribution in [0, 0.1) is 5.92 Å². The Bertz CT molecular complexity index is 984. The molecule has 0 aromatic rings. The van der Waals surface area contributed by atoms with Crippen LogP contribution in [0.5, 0.6) is 0 Å². The number of hydrogen-bond donors (Lipinski definition) is 5. The second-order valence-corrected chi connectivity index (χ2v) is 11.0. The zero-order chi connectivity index (χ0) is 36.8. The summed E-state index contributed by atoms with van der Waals surface area (Å²) in [6.07, 6.45) is 10.2. The Labute approximate surface area is 282 Å². The molecule has 0 aliphatic rings. The van der Waals surface area contributed by atoms with Gasteiger partial charge in [0.1, 0.15) is 18.3 Å². The van der Waals surface area contributed by atoms with Crippen LogP contribution < -0.4 is 26.6 Å². The van der Waals surface area contributed by atoms with Gasteiger partial charge in [0.2, 0.25) is 17.7 Å². The van der Waals surface area contributed by atoms with E-state index in [2.05, 4.69) is 60.2 Å². The van der Waals surface area contributed by atoms with Gasteiger partial charge < -0.3 is 31.3 Å². The smallest absolute Gasteiger partial charge is 0.328 e. The molecule has 4 atom stereocenters. The third kappa shape index (κ3) is 25.9. The molecule has 0 aliphatic carbocycles. The SMILES string of the molecule is C=C.C=C[C@H](C/C(=C/C=C\CC)C(C)F)NC(=O)[C@H](CCCCCNC(C)=O)NC(=O)CNC(=O)NC(C(=O)OC)C(C)C.CCC. The van der Waals surface area contributed by atoms with E-state index in [4.69, 9.17) is 4.74 Å². The van der Waals surface area contributed by atoms with E-state index < -0.39 is 54.7 Å². The maximum atomic E-state index is 14.2. The van der Waals surface area contributed by atoms with Gasteiger partial charge in [0, 0.05) is 13.5 Å². The molecule has 0 fully saturated rings. The first-order chi connectivity index (χ1) is 22.3. The molecule has 0 aromatic heterocycles. The Morgan fingerprint density at radius 1 is 0.915 bits per heavy atom. The number of alkyl halides is 1. The van der Waals surface area contributed by atoms with Gasteiger partial charge in [0.25, 0.3) is 0 Å². The minimum absolute atomic E-state index is 0.126. The molecule has 0 aliphatic heterocycles. The molecular weight excluding hydrogens is 605 g/mol. The van der Waals surface area contributed by atoms with Crippen molar-refractivity contribution in [3.8, 4) is 0 Å². The number of allylic oxidation sites excluding steroid dienone is 3. The summed E-state index contributed by atoms with van der Waals surface area (Å²) in [4.78, 5) is 61.2. The highest BCUT2D eigenvalue weighted by atomic mass is 19.1. The minimum atomic E-state index is -1.23. The Hall–Kier alpha value is -3.96. The molecule has 12 heteroatoms. The van der Waals surface area contributed by atoms with Crippen LogP contribution >= 0.6 is 0 Å². The topological polar surface area (TPSA) is 155 Å². The Balaban J connectivity index is -0.00000364. The molecule has 11 nitrogen and oxygen atoms in total. The minimum Gasteiger partial charge on any atom is -0.467 e. The van der Waals surface area contributed by atoms with Crippen molar-refractivity contribution in [2.45, 2.75) is 118 Å². The summed E-state index contributed by atoms with van der Waals surface area (Å²) in [6, 6.07) is -3.14. The number of esters is 1. The number of methoxy groups -OCH3 is 1. The molecule has 270 valence electrons. The molecule has 0 heterocycles. The quantitative estimate of drug-likeness (QED) is 0.0521. The molecule has 0 saturated heterocycles. The predicted molar refractivity (Wildman–Crippen MR) is 188 cm³/mol. The maximum Gasteiger partial charge on any atom is 0.328 e. The lowest BCUT2D eigenvalue weighted by molar-refractivity contribution is -0.144. The highest BCUT2D eigenvalue weighted by Crippen LogP contribution is 2.15. The summed E-state index contributed by atoms with van der Waals surface area (Å²) in [5, 5.41) is 13.0. The number of nitrogens with one attached hydrogen (secondary N) is 5. The average Bonchev–Trinajstić information content (AvgIpc) is 3.03. The summed E-state index contributed by atoms with van der Waals surface area (Å²) < 4.78 is 18.9. The maximum absolute atomic E-state index is 14.2. The highest BCUT2D eigenvalue weighted by molar-refractivity contribution is 5.90. The third-order valence-corrected chi connectivity index (χ3v) is 6.27. The summed E-state index contributed by atoms with van der Waals surface area (Å²) >= 11 is 0. The number of rotatable bonds is 20. The highest BCUT2D eigenvalue weighted by Gasteiger charge is 2.26. The largest absolute Gasteiger partial charge is 0.467 e. The van der Waals surface area contributed by atoms with E-state index in [9.17, 15) is 28.4 Å². The van der Waals surface area contributed by atoms with E-state index in [0.29, 0.717) is 37.8 Å². The van der Waals surface area contributed by atoms with E-state index in [1.165, 1.54) is 33.5 Å².